The van der Waals surface area contributed by atoms with Crippen molar-refractivity contribution in [2.75, 3.05) is 13.1 Å². The molecule has 1 aliphatic heterocycles. The molecule has 2 fully saturated rings. The number of carbonyl (C=O) groups is 1. The normalized spacial score (nSPS) is 25.1. The van der Waals surface area contributed by atoms with Crippen LogP contribution in [0.5, 0.6) is 0 Å². The fourth-order valence-corrected chi connectivity index (χ4v) is 2.66. The van der Waals surface area contributed by atoms with Crippen LogP contribution in [0.15, 0.2) is 10.6 Å². The van der Waals surface area contributed by atoms with Crippen molar-refractivity contribution in [3.05, 3.63) is 17.5 Å². The first-order chi connectivity index (χ1) is 8.97. The van der Waals surface area contributed by atoms with Gasteiger partial charge >= 0.3 is 0 Å². The maximum absolute atomic E-state index is 12.4. The lowest BCUT2D eigenvalue weighted by Crippen LogP contribution is -2.54. The van der Waals surface area contributed by atoms with Crippen LogP contribution in [0.25, 0.3) is 0 Å². The molecular formula is C14H22ClN3O2. The molecule has 1 saturated heterocycles. The van der Waals surface area contributed by atoms with Crippen molar-refractivity contribution in [1.82, 2.24) is 10.1 Å². The van der Waals surface area contributed by atoms with Crippen LogP contribution < -0.4 is 5.73 Å². The van der Waals surface area contributed by atoms with E-state index in [-0.39, 0.29) is 29.8 Å². The van der Waals surface area contributed by atoms with Crippen LogP contribution in [0, 0.1) is 5.41 Å². The minimum absolute atomic E-state index is 0. The SMILES string of the molecule is CC1(C)CN(C(=O)c2cc(C3CC3)on2)CCC1N.Cl. The number of nitrogens with two attached hydrogens (primary N) is 1. The molecule has 6 heteroatoms. The van der Waals surface area contributed by atoms with Gasteiger partial charge in [0.1, 0.15) is 5.76 Å². The van der Waals surface area contributed by atoms with Crippen molar-refractivity contribution < 1.29 is 9.32 Å². The second-order valence-corrected chi connectivity index (χ2v) is 6.50. The van der Waals surface area contributed by atoms with E-state index in [0.717, 1.165) is 25.0 Å². The maximum Gasteiger partial charge on any atom is 0.276 e. The van der Waals surface area contributed by atoms with Gasteiger partial charge in [-0.1, -0.05) is 19.0 Å². The molecule has 2 aliphatic rings. The lowest BCUT2D eigenvalue weighted by molar-refractivity contribution is 0.0523. The molecule has 1 amide bonds. The first kappa shape index (κ1) is 15.3. The fraction of sp³-hybridized carbons (Fsp3) is 0.714. The number of hydrogen-bond donors (Lipinski definition) is 1. The Morgan fingerprint density at radius 3 is 2.75 bits per heavy atom. The molecule has 1 unspecified atom stereocenters. The minimum atomic E-state index is -0.0447. The van der Waals surface area contributed by atoms with Crippen molar-refractivity contribution >= 4 is 18.3 Å². The van der Waals surface area contributed by atoms with Crippen LogP contribution in [-0.2, 0) is 0 Å². The van der Waals surface area contributed by atoms with Crippen molar-refractivity contribution in [1.29, 1.82) is 0 Å². The molecule has 0 bridgehead atoms. The van der Waals surface area contributed by atoms with Gasteiger partial charge in [-0.05, 0) is 24.7 Å². The van der Waals surface area contributed by atoms with Crippen molar-refractivity contribution in [3.63, 3.8) is 0 Å². The van der Waals surface area contributed by atoms with Gasteiger partial charge in [-0.3, -0.25) is 4.79 Å². The molecule has 5 nitrogen and oxygen atoms in total. The maximum atomic E-state index is 12.4. The highest BCUT2D eigenvalue weighted by Crippen LogP contribution is 2.40. The quantitative estimate of drug-likeness (QED) is 0.908. The summed E-state index contributed by atoms with van der Waals surface area (Å²) in [5.41, 5.74) is 6.49. The molecule has 3 rings (SSSR count). The van der Waals surface area contributed by atoms with Gasteiger partial charge < -0.3 is 15.2 Å². The largest absolute Gasteiger partial charge is 0.360 e. The predicted molar refractivity (Wildman–Crippen MR) is 78.0 cm³/mol. The molecule has 1 aromatic heterocycles. The van der Waals surface area contributed by atoms with Gasteiger partial charge in [0.2, 0.25) is 0 Å². The summed E-state index contributed by atoms with van der Waals surface area (Å²) in [6, 6.07) is 1.96. The Balaban J connectivity index is 0.00000147. The molecule has 1 aliphatic carbocycles. The Kier molecular flexibility index (Phi) is 4.12. The summed E-state index contributed by atoms with van der Waals surface area (Å²) in [5.74, 6) is 1.31. The Morgan fingerprint density at radius 1 is 1.45 bits per heavy atom. The van der Waals surface area contributed by atoms with E-state index in [4.69, 9.17) is 10.3 Å². The van der Waals surface area contributed by atoms with Crippen LogP contribution in [-0.4, -0.2) is 35.1 Å². The van der Waals surface area contributed by atoms with Crippen LogP contribution >= 0.6 is 12.4 Å². The van der Waals surface area contributed by atoms with Gasteiger partial charge in [-0.2, -0.15) is 0 Å². The van der Waals surface area contributed by atoms with Crippen LogP contribution in [0.2, 0.25) is 0 Å². The first-order valence-electron chi connectivity index (χ1n) is 6.99. The van der Waals surface area contributed by atoms with E-state index < -0.39 is 0 Å². The number of rotatable bonds is 2. The number of carbonyl (C=O) groups excluding carboxylic acids is 1. The second-order valence-electron chi connectivity index (χ2n) is 6.50. The average Bonchev–Trinajstić information content (AvgIpc) is 3.10. The third-order valence-electron chi connectivity index (χ3n) is 4.33. The highest BCUT2D eigenvalue weighted by molar-refractivity contribution is 5.92. The van der Waals surface area contributed by atoms with Crippen molar-refractivity contribution in [3.8, 4) is 0 Å². The second kappa shape index (κ2) is 5.37. The Bertz CT molecular complexity index is 496. The van der Waals surface area contributed by atoms with E-state index >= 15 is 0 Å². The molecule has 0 spiro atoms. The zero-order valence-corrected chi connectivity index (χ0v) is 12.8. The molecule has 0 aromatic carbocycles. The highest BCUT2D eigenvalue weighted by Gasteiger charge is 2.37. The van der Waals surface area contributed by atoms with Gasteiger partial charge in [0, 0.05) is 31.1 Å². The number of likely N-dealkylation sites (tertiary alicyclic amines) is 1. The lowest BCUT2D eigenvalue weighted by atomic mass is 9.79. The number of nitrogens with zero attached hydrogens (tertiary/aromatic N) is 2. The van der Waals surface area contributed by atoms with Gasteiger partial charge in [0.25, 0.3) is 5.91 Å². The van der Waals surface area contributed by atoms with Gasteiger partial charge in [-0.25, -0.2) is 0 Å². The topological polar surface area (TPSA) is 72.4 Å². The minimum Gasteiger partial charge on any atom is -0.360 e. The summed E-state index contributed by atoms with van der Waals surface area (Å²) < 4.78 is 5.25. The molecule has 2 N–H and O–H groups in total. The molecule has 2 heterocycles. The number of piperidine rings is 1. The van der Waals surface area contributed by atoms with Crippen LogP contribution in [0.3, 0.4) is 0 Å². The zero-order valence-electron chi connectivity index (χ0n) is 12.0. The van der Waals surface area contributed by atoms with Crippen molar-refractivity contribution in [2.45, 2.75) is 45.1 Å². The predicted octanol–water partition coefficient (Wildman–Crippen LogP) is 2.17. The fourth-order valence-electron chi connectivity index (χ4n) is 2.66. The number of hydrogen-bond acceptors (Lipinski definition) is 4. The third-order valence-corrected chi connectivity index (χ3v) is 4.33. The number of aromatic nitrogens is 1. The molecular weight excluding hydrogens is 278 g/mol. The smallest absolute Gasteiger partial charge is 0.276 e. The number of amides is 1. The molecule has 1 atom stereocenters. The summed E-state index contributed by atoms with van der Waals surface area (Å²) in [5, 5.41) is 3.92. The summed E-state index contributed by atoms with van der Waals surface area (Å²) in [6.45, 7) is 5.60. The van der Waals surface area contributed by atoms with Gasteiger partial charge in [0.05, 0.1) is 0 Å². The monoisotopic (exact) mass is 299 g/mol. The van der Waals surface area contributed by atoms with E-state index in [1.807, 2.05) is 11.0 Å². The summed E-state index contributed by atoms with van der Waals surface area (Å²) >= 11 is 0. The Hall–Kier alpha value is -1.07. The van der Waals surface area contributed by atoms with Crippen LogP contribution in [0.4, 0.5) is 0 Å². The summed E-state index contributed by atoms with van der Waals surface area (Å²) in [7, 11) is 0. The standard InChI is InChI=1S/C14H21N3O2.ClH/c1-14(2)8-17(6-5-12(14)15)13(18)10-7-11(19-16-10)9-3-4-9;/h7,9,12H,3-6,8,15H2,1-2H3;1H. The van der Waals surface area contributed by atoms with E-state index in [2.05, 4.69) is 19.0 Å². The third kappa shape index (κ3) is 2.83. The molecule has 1 saturated carbocycles. The molecule has 0 radical (unpaired) electrons. The van der Waals surface area contributed by atoms with Crippen LogP contribution in [0.1, 0.15) is 55.3 Å². The number of halogens is 1. The Labute approximate surface area is 125 Å². The van der Waals surface area contributed by atoms with Gasteiger partial charge in [0.15, 0.2) is 5.69 Å². The summed E-state index contributed by atoms with van der Waals surface area (Å²) in [6.07, 6.45) is 3.13. The van der Waals surface area contributed by atoms with E-state index in [1.54, 1.807) is 0 Å². The van der Waals surface area contributed by atoms with E-state index in [9.17, 15) is 4.79 Å². The molecule has 20 heavy (non-hydrogen) atoms. The highest BCUT2D eigenvalue weighted by atomic mass is 35.5. The summed E-state index contributed by atoms with van der Waals surface area (Å²) in [4.78, 5) is 14.3. The molecule has 1 aromatic rings. The van der Waals surface area contributed by atoms with E-state index in [0.29, 0.717) is 24.7 Å². The Morgan fingerprint density at radius 2 is 2.15 bits per heavy atom. The molecule has 112 valence electrons. The first-order valence-corrected chi connectivity index (χ1v) is 6.99. The van der Waals surface area contributed by atoms with Gasteiger partial charge in [-0.15, -0.1) is 12.4 Å². The average molecular weight is 300 g/mol. The zero-order chi connectivity index (χ0) is 13.6. The van der Waals surface area contributed by atoms with Crippen molar-refractivity contribution in [2.24, 2.45) is 11.1 Å². The lowest BCUT2D eigenvalue weighted by Gasteiger charge is -2.42. The van der Waals surface area contributed by atoms with E-state index in [1.165, 1.54) is 0 Å².